The van der Waals surface area contributed by atoms with Gasteiger partial charge in [-0.25, -0.2) is 12.7 Å². The van der Waals surface area contributed by atoms with E-state index in [0.717, 1.165) is 32.2 Å². The number of nitrogens with zero attached hydrogens (tertiary/aromatic N) is 1. The Labute approximate surface area is 109 Å². The molecule has 1 atom stereocenters. The fourth-order valence-electron chi connectivity index (χ4n) is 2.36. The molecule has 4 nitrogen and oxygen atoms in total. The monoisotopic (exact) mass is 280 g/mol. The lowest BCUT2D eigenvalue weighted by Crippen LogP contribution is -2.45. The molecule has 2 aliphatic rings. The van der Waals surface area contributed by atoms with E-state index in [-0.39, 0.29) is 5.54 Å². The van der Waals surface area contributed by atoms with Crippen LogP contribution in [0.25, 0.3) is 0 Å². The van der Waals surface area contributed by atoms with Crippen molar-refractivity contribution in [2.24, 2.45) is 5.92 Å². The first-order chi connectivity index (χ1) is 7.95. The number of hydrogen-bond donors (Lipinski definition) is 1. The van der Waals surface area contributed by atoms with Crippen LogP contribution in [0.5, 0.6) is 0 Å². The number of halogens is 1. The van der Waals surface area contributed by atoms with Crippen molar-refractivity contribution in [2.75, 3.05) is 31.8 Å². The van der Waals surface area contributed by atoms with Gasteiger partial charge >= 0.3 is 0 Å². The highest BCUT2D eigenvalue weighted by atomic mass is 35.5. The third-order valence-electron chi connectivity index (χ3n) is 3.83. The van der Waals surface area contributed by atoms with E-state index in [4.69, 9.17) is 11.6 Å². The molecule has 1 aliphatic heterocycles. The summed E-state index contributed by atoms with van der Waals surface area (Å²) < 4.78 is 24.6. The van der Waals surface area contributed by atoms with Crippen molar-refractivity contribution in [3.8, 4) is 0 Å². The minimum absolute atomic E-state index is 0.162. The first kappa shape index (κ1) is 13.6. The molecule has 1 N–H and O–H groups in total. The molecule has 0 aromatic rings. The smallest absolute Gasteiger partial charge is 0.211 e. The molecule has 1 aliphatic carbocycles. The summed E-state index contributed by atoms with van der Waals surface area (Å²) in [6.07, 6.45) is 5.67. The van der Waals surface area contributed by atoms with Gasteiger partial charge in [0.2, 0.25) is 10.0 Å². The molecule has 1 saturated heterocycles. The van der Waals surface area contributed by atoms with Crippen LogP contribution < -0.4 is 5.32 Å². The summed E-state index contributed by atoms with van der Waals surface area (Å²) in [6.45, 7) is 2.22. The van der Waals surface area contributed by atoms with Gasteiger partial charge in [-0.2, -0.15) is 0 Å². The highest BCUT2D eigenvalue weighted by Crippen LogP contribution is 2.36. The fraction of sp³-hybridized carbons (Fsp3) is 1.00. The molecule has 1 saturated carbocycles. The summed E-state index contributed by atoms with van der Waals surface area (Å²) in [5.41, 5.74) is 0.162. The molecule has 0 amide bonds. The Bertz CT molecular complexity index is 368. The number of sulfonamides is 1. The van der Waals surface area contributed by atoms with Crippen molar-refractivity contribution >= 4 is 21.6 Å². The largest absolute Gasteiger partial charge is 0.310 e. The molecule has 0 radical (unpaired) electrons. The second kappa shape index (κ2) is 5.03. The molecule has 100 valence electrons. The van der Waals surface area contributed by atoms with Crippen molar-refractivity contribution in [2.45, 2.75) is 31.2 Å². The highest BCUT2D eigenvalue weighted by molar-refractivity contribution is 7.88. The summed E-state index contributed by atoms with van der Waals surface area (Å²) in [5, 5.41) is 3.51. The van der Waals surface area contributed by atoms with Crippen molar-refractivity contribution < 1.29 is 8.42 Å². The van der Waals surface area contributed by atoms with E-state index in [9.17, 15) is 8.42 Å². The summed E-state index contributed by atoms with van der Waals surface area (Å²) in [6, 6.07) is 0. The molecule has 17 heavy (non-hydrogen) atoms. The van der Waals surface area contributed by atoms with Crippen LogP contribution in [-0.4, -0.2) is 50.0 Å². The third kappa shape index (κ3) is 3.56. The van der Waals surface area contributed by atoms with Crippen LogP contribution in [0.3, 0.4) is 0 Å². The predicted octanol–water partition coefficient (Wildman–Crippen LogP) is 1.02. The summed E-state index contributed by atoms with van der Waals surface area (Å²) in [5.74, 6) is 1.09. The third-order valence-corrected chi connectivity index (χ3v) is 5.61. The Hall–Kier alpha value is 0.160. The van der Waals surface area contributed by atoms with Crippen LogP contribution >= 0.6 is 11.6 Å². The van der Waals surface area contributed by atoms with E-state index in [1.54, 1.807) is 4.31 Å². The Kier molecular flexibility index (Phi) is 4.02. The number of nitrogens with one attached hydrogen (secondary N) is 1. The van der Waals surface area contributed by atoms with Crippen molar-refractivity contribution in [1.82, 2.24) is 9.62 Å². The lowest BCUT2D eigenvalue weighted by Gasteiger charge is -2.32. The summed E-state index contributed by atoms with van der Waals surface area (Å²) in [7, 11) is -3.02. The molecular weight excluding hydrogens is 260 g/mol. The maximum Gasteiger partial charge on any atom is 0.211 e. The van der Waals surface area contributed by atoms with E-state index in [0.29, 0.717) is 24.9 Å². The van der Waals surface area contributed by atoms with Crippen LogP contribution in [-0.2, 0) is 10.0 Å². The number of piperidine rings is 1. The Morgan fingerprint density at radius 1 is 1.47 bits per heavy atom. The molecule has 0 spiro atoms. The molecule has 1 unspecified atom stereocenters. The zero-order valence-electron chi connectivity index (χ0n) is 10.3. The van der Waals surface area contributed by atoms with Gasteiger partial charge in [-0.3, -0.25) is 0 Å². The Morgan fingerprint density at radius 2 is 2.18 bits per heavy atom. The van der Waals surface area contributed by atoms with Gasteiger partial charge in [0.15, 0.2) is 0 Å². The number of alkyl halides is 1. The van der Waals surface area contributed by atoms with Gasteiger partial charge in [0, 0.05) is 24.5 Å². The second-order valence-corrected chi connectivity index (χ2v) is 7.67. The van der Waals surface area contributed by atoms with Gasteiger partial charge in [0.05, 0.1) is 6.26 Å². The van der Waals surface area contributed by atoms with Crippen molar-refractivity contribution in [3.63, 3.8) is 0 Å². The molecule has 0 bridgehead atoms. The average Bonchev–Trinajstić information content (AvgIpc) is 3.06. The van der Waals surface area contributed by atoms with Crippen molar-refractivity contribution in [3.05, 3.63) is 0 Å². The van der Waals surface area contributed by atoms with Crippen LogP contribution in [0.1, 0.15) is 25.7 Å². The molecular formula is C11H21ClN2O2S. The molecule has 0 aromatic heterocycles. The SMILES string of the molecule is CS(=O)(=O)N1CCCC(CNC2(CCl)CC2)C1. The van der Waals surface area contributed by atoms with E-state index >= 15 is 0 Å². The van der Waals surface area contributed by atoms with E-state index < -0.39 is 10.0 Å². The molecule has 1 heterocycles. The van der Waals surface area contributed by atoms with Gasteiger partial charge in [-0.05, 0) is 38.1 Å². The highest BCUT2D eigenvalue weighted by Gasteiger charge is 2.41. The van der Waals surface area contributed by atoms with E-state index in [1.807, 2.05) is 0 Å². The second-order valence-electron chi connectivity index (χ2n) is 5.42. The molecule has 2 rings (SSSR count). The average molecular weight is 281 g/mol. The van der Waals surface area contributed by atoms with Crippen LogP contribution in [0.4, 0.5) is 0 Å². The molecule has 2 fully saturated rings. The number of hydrogen-bond acceptors (Lipinski definition) is 3. The Balaban J connectivity index is 1.82. The summed E-state index contributed by atoms with van der Waals surface area (Å²) in [4.78, 5) is 0. The molecule has 0 aromatic carbocycles. The minimum Gasteiger partial charge on any atom is -0.310 e. The normalized spacial score (nSPS) is 29.2. The topological polar surface area (TPSA) is 49.4 Å². The van der Waals surface area contributed by atoms with Crippen LogP contribution in [0.15, 0.2) is 0 Å². The van der Waals surface area contributed by atoms with Gasteiger partial charge in [0.1, 0.15) is 0 Å². The van der Waals surface area contributed by atoms with E-state index in [1.165, 1.54) is 6.26 Å². The number of rotatable bonds is 5. The van der Waals surface area contributed by atoms with Gasteiger partial charge in [-0.15, -0.1) is 11.6 Å². The zero-order chi connectivity index (χ0) is 12.5. The maximum atomic E-state index is 11.5. The van der Waals surface area contributed by atoms with E-state index in [2.05, 4.69) is 5.32 Å². The lowest BCUT2D eigenvalue weighted by atomic mass is 9.99. The standard InChI is InChI=1S/C11H21ClN2O2S/c1-17(15,16)14-6-2-3-10(8-14)7-13-11(9-12)4-5-11/h10,13H,2-9H2,1H3. The summed E-state index contributed by atoms with van der Waals surface area (Å²) >= 11 is 5.91. The molecule has 6 heteroatoms. The van der Waals surface area contributed by atoms with Gasteiger partial charge in [0.25, 0.3) is 0 Å². The van der Waals surface area contributed by atoms with Crippen molar-refractivity contribution in [1.29, 1.82) is 0 Å². The Morgan fingerprint density at radius 3 is 2.71 bits per heavy atom. The van der Waals surface area contributed by atoms with Crippen LogP contribution in [0.2, 0.25) is 0 Å². The zero-order valence-corrected chi connectivity index (χ0v) is 11.9. The fourth-order valence-corrected chi connectivity index (χ4v) is 3.67. The van der Waals surface area contributed by atoms with Gasteiger partial charge in [-0.1, -0.05) is 0 Å². The quantitative estimate of drug-likeness (QED) is 0.765. The lowest BCUT2D eigenvalue weighted by molar-refractivity contribution is 0.255. The predicted molar refractivity (Wildman–Crippen MR) is 69.8 cm³/mol. The maximum absolute atomic E-state index is 11.5. The van der Waals surface area contributed by atoms with Crippen LogP contribution in [0, 0.1) is 5.92 Å². The first-order valence-electron chi connectivity index (χ1n) is 6.21. The minimum atomic E-state index is -3.02. The van der Waals surface area contributed by atoms with Gasteiger partial charge < -0.3 is 5.32 Å². The first-order valence-corrected chi connectivity index (χ1v) is 8.60.